The maximum Gasteiger partial charge on any atom is 0.243 e. The Bertz CT molecular complexity index is 563. The molecule has 0 aliphatic carbocycles. The van der Waals surface area contributed by atoms with Crippen molar-refractivity contribution >= 4 is 26.0 Å². The molecule has 106 valence electrons. The molecule has 2 rings (SSSR count). The molecule has 1 heterocycles. The van der Waals surface area contributed by atoms with Gasteiger partial charge in [-0.2, -0.15) is 4.31 Å². The van der Waals surface area contributed by atoms with Crippen LogP contribution in [-0.4, -0.2) is 38.0 Å². The zero-order chi connectivity index (χ0) is 14.2. The zero-order valence-electron chi connectivity index (χ0n) is 11.3. The lowest BCUT2D eigenvalue weighted by Gasteiger charge is -2.34. The molecule has 0 aromatic heterocycles. The average molecular weight is 348 g/mol. The Morgan fingerprint density at radius 1 is 1.26 bits per heavy atom. The minimum atomic E-state index is -3.43. The van der Waals surface area contributed by atoms with Gasteiger partial charge in [0.1, 0.15) is 0 Å². The van der Waals surface area contributed by atoms with E-state index in [1.165, 1.54) is 4.31 Å². The summed E-state index contributed by atoms with van der Waals surface area (Å²) in [5.74, 6) is 0. The monoisotopic (exact) mass is 347 g/mol. The summed E-state index contributed by atoms with van der Waals surface area (Å²) >= 11 is 3.38. The fourth-order valence-corrected chi connectivity index (χ4v) is 4.18. The van der Waals surface area contributed by atoms with E-state index in [1.807, 2.05) is 20.8 Å². The summed E-state index contributed by atoms with van der Waals surface area (Å²) in [7, 11) is -3.43. The number of halogens is 1. The maximum atomic E-state index is 12.6. The van der Waals surface area contributed by atoms with Gasteiger partial charge in [-0.05, 0) is 44.5 Å². The molecule has 6 heteroatoms. The van der Waals surface area contributed by atoms with Gasteiger partial charge in [-0.1, -0.05) is 15.9 Å². The van der Waals surface area contributed by atoms with Crippen LogP contribution in [0.15, 0.2) is 27.6 Å². The van der Waals surface area contributed by atoms with Crippen LogP contribution in [0.1, 0.15) is 19.4 Å². The molecule has 0 unspecified atom stereocenters. The molecule has 1 aliphatic rings. The molecule has 0 bridgehead atoms. The maximum absolute atomic E-state index is 12.6. The molecule has 1 fully saturated rings. The summed E-state index contributed by atoms with van der Waals surface area (Å²) in [6.07, 6.45) is -0.148. The van der Waals surface area contributed by atoms with E-state index in [2.05, 4.69) is 15.9 Å². The first kappa shape index (κ1) is 15.0. The van der Waals surface area contributed by atoms with E-state index < -0.39 is 10.0 Å². The first-order chi connectivity index (χ1) is 8.80. The Hall–Kier alpha value is -0.430. The average Bonchev–Trinajstić information content (AvgIpc) is 2.31. The summed E-state index contributed by atoms with van der Waals surface area (Å²) in [4.78, 5) is 0.342. The quantitative estimate of drug-likeness (QED) is 0.825. The largest absolute Gasteiger partial charge is 0.373 e. The molecule has 2 atom stereocenters. The van der Waals surface area contributed by atoms with Crippen molar-refractivity contribution in [1.29, 1.82) is 0 Å². The van der Waals surface area contributed by atoms with E-state index in [0.29, 0.717) is 18.0 Å². The minimum absolute atomic E-state index is 0.0740. The van der Waals surface area contributed by atoms with Crippen molar-refractivity contribution in [3.63, 3.8) is 0 Å². The second-order valence-electron chi connectivity index (χ2n) is 4.99. The standard InChI is InChI=1S/C13H18BrNO3S/c1-9-6-12(4-5-13(9)14)19(16,17)15-7-10(2)18-11(3)8-15/h4-6,10-11H,7-8H2,1-3H3/t10-,11-/m1/s1. The van der Waals surface area contributed by atoms with Crippen molar-refractivity contribution in [3.05, 3.63) is 28.2 Å². The molecular formula is C13H18BrNO3S. The van der Waals surface area contributed by atoms with Crippen molar-refractivity contribution in [2.75, 3.05) is 13.1 Å². The van der Waals surface area contributed by atoms with E-state index in [-0.39, 0.29) is 12.2 Å². The molecule has 1 saturated heterocycles. The van der Waals surface area contributed by atoms with Crippen LogP contribution in [0, 0.1) is 6.92 Å². The van der Waals surface area contributed by atoms with E-state index in [4.69, 9.17) is 4.74 Å². The van der Waals surface area contributed by atoms with Gasteiger partial charge in [0, 0.05) is 17.6 Å². The Kier molecular flexibility index (Phi) is 4.35. The molecule has 1 aromatic carbocycles. The third-order valence-corrected chi connectivity index (χ3v) is 5.87. The third kappa shape index (κ3) is 3.18. The third-order valence-electron chi connectivity index (χ3n) is 3.15. The van der Waals surface area contributed by atoms with Crippen molar-refractivity contribution in [2.24, 2.45) is 0 Å². The number of rotatable bonds is 2. The molecule has 0 amide bonds. The van der Waals surface area contributed by atoms with Crippen LogP contribution in [0.25, 0.3) is 0 Å². The van der Waals surface area contributed by atoms with Crippen molar-refractivity contribution in [2.45, 2.75) is 37.9 Å². The van der Waals surface area contributed by atoms with E-state index in [9.17, 15) is 8.42 Å². The molecule has 0 saturated carbocycles. The zero-order valence-corrected chi connectivity index (χ0v) is 13.7. The number of aryl methyl sites for hydroxylation is 1. The van der Waals surface area contributed by atoms with Crippen LogP contribution in [0.5, 0.6) is 0 Å². The first-order valence-corrected chi connectivity index (χ1v) is 8.46. The van der Waals surface area contributed by atoms with E-state index >= 15 is 0 Å². The lowest BCUT2D eigenvalue weighted by atomic mass is 10.2. The molecule has 0 spiro atoms. The lowest BCUT2D eigenvalue weighted by molar-refractivity contribution is -0.0440. The van der Waals surface area contributed by atoms with Crippen molar-refractivity contribution in [3.8, 4) is 0 Å². The number of ether oxygens (including phenoxy) is 1. The van der Waals surface area contributed by atoms with Gasteiger partial charge in [0.05, 0.1) is 17.1 Å². The van der Waals surface area contributed by atoms with Crippen molar-refractivity contribution in [1.82, 2.24) is 4.31 Å². The highest BCUT2D eigenvalue weighted by Crippen LogP contribution is 2.24. The number of benzene rings is 1. The summed E-state index contributed by atoms with van der Waals surface area (Å²) in [6.45, 7) is 6.48. The summed E-state index contributed by atoms with van der Waals surface area (Å²) < 4.78 is 33.2. The number of sulfonamides is 1. The van der Waals surface area contributed by atoms with Crippen molar-refractivity contribution < 1.29 is 13.2 Å². The lowest BCUT2D eigenvalue weighted by Crippen LogP contribution is -2.48. The van der Waals surface area contributed by atoms with Gasteiger partial charge >= 0.3 is 0 Å². The Balaban J connectivity index is 2.33. The molecule has 1 aliphatic heterocycles. The Labute approximate surface area is 122 Å². The van der Waals surface area contributed by atoms with Gasteiger partial charge in [0.25, 0.3) is 0 Å². The summed E-state index contributed by atoms with van der Waals surface area (Å²) in [6, 6.07) is 5.11. The topological polar surface area (TPSA) is 46.6 Å². The fraction of sp³-hybridized carbons (Fsp3) is 0.538. The van der Waals surface area contributed by atoms with E-state index in [1.54, 1.807) is 18.2 Å². The number of hydrogen-bond acceptors (Lipinski definition) is 3. The predicted molar refractivity (Wildman–Crippen MR) is 77.6 cm³/mol. The molecule has 19 heavy (non-hydrogen) atoms. The number of morpholine rings is 1. The number of hydrogen-bond donors (Lipinski definition) is 0. The summed E-state index contributed by atoms with van der Waals surface area (Å²) in [5.41, 5.74) is 0.912. The van der Waals surface area contributed by atoms with Gasteiger partial charge in [-0.15, -0.1) is 0 Å². The molecule has 0 radical (unpaired) electrons. The van der Waals surface area contributed by atoms with Crippen LogP contribution >= 0.6 is 15.9 Å². The van der Waals surface area contributed by atoms with Crippen LogP contribution in [-0.2, 0) is 14.8 Å². The fourth-order valence-electron chi connectivity index (χ4n) is 2.25. The highest BCUT2D eigenvalue weighted by molar-refractivity contribution is 9.10. The number of nitrogens with zero attached hydrogens (tertiary/aromatic N) is 1. The van der Waals surface area contributed by atoms with Gasteiger partial charge < -0.3 is 4.74 Å². The molecule has 4 nitrogen and oxygen atoms in total. The van der Waals surface area contributed by atoms with Gasteiger partial charge in [0.2, 0.25) is 10.0 Å². The normalized spacial score (nSPS) is 25.5. The Morgan fingerprint density at radius 3 is 2.37 bits per heavy atom. The summed E-state index contributed by atoms with van der Waals surface area (Å²) in [5, 5.41) is 0. The molecular weight excluding hydrogens is 330 g/mol. The minimum Gasteiger partial charge on any atom is -0.373 e. The SMILES string of the molecule is Cc1cc(S(=O)(=O)N2C[C@@H](C)O[C@H](C)C2)ccc1Br. The first-order valence-electron chi connectivity index (χ1n) is 6.22. The van der Waals surface area contributed by atoms with Crippen LogP contribution in [0.2, 0.25) is 0 Å². The van der Waals surface area contributed by atoms with Gasteiger partial charge in [-0.3, -0.25) is 0 Å². The predicted octanol–water partition coefficient (Wildman–Crippen LogP) is 2.56. The van der Waals surface area contributed by atoms with Gasteiger partial charge in [-0.25, -0.2) is 8.42 Å². The van der Waals surface area contributed by atoms with Gasteiger partial charge in [0.15, 0.2) is 0 Å². The van der Waals surface area contributed by atoms with Crippen LogP contribution < -0.4 is 0 Å². The highest BCUT2D eigenvalue weighted by Gasteiger charge is 2.32. The Morgan fingerprint density at radius 2 is 1.84 bits per heavy atom. The second kappa shape index (κ2) is 5.52. The second-order valence-corrected chi connectivity index (χ2v) is 7.78. The highest BCUT2D eigenvalue weighted by atomic mass is 79.9. The van der Waals surface area contributed by atoms with Crippen LogP contribution in [0.4, 0.5) is 0 Å². The molecule has 1 aromatic rings. The molecule has 0 N–H and O–H groups in total. The van der Waals surface area contributed by atoms with Crippen LogP contribution in [0.3, 0.4) is 0 Å². The van der Waals surface area contributed by atoms with E-state index in [0.717, 1.165) is 10.0 Å². The smallest absolute Gasteiger partial charge is 0.243 e.